The fraction of sp³-hybridized carbons (Fsp3) is 0.286. The van der Waals surface area contributed by atoms with Crippen LogP contribution in [0.3, 0.4) is 0 Å². The number of hydrogen-bond donors (Lipinski definition) is 1. The molecule has 0 atom stereocenters. The average Bonchev–Trinajstić information content (AvgIpc) is 3.31. The lowest BCUT2D eigenvalue weighted by Gasteiger charge is -2.11. The lowest BCUT2D eigenvalue weighted by Crippen LogP contribution is -2.24. The number of carbonyl (C=O) groups excluding carboxylic acids is 1. The molecule has 0 spiro atoms. The van der Waals surface area contributed by atoms with E-state index in [1.54, 1.807) is 22.0 Å². The average molecular weight is 464 g/mol. The number of allylic oxidation sites excluding steroid dienone is 1. The minimum atomic E-state index is -2.90. The van der Waals surface area contributed by atoms with E-state index in [-0.39, 0.29) is 23.0 Å². The number of fused-ring (bicyclic) bond motifs is 3. The Labute approximate surface area is 184 Å². The summed E-state index contributed by atoms with van der Waals surface area (Å²) in [5.74, 6) is -0.257. The van der Waals surface area contributed by atoms with E-state index >= 15 is 0 Å². The van der Waals surface area contributed by atoms with Crippen molar-refractivity contribution in [1.29, 1.82) is 0 Å². The number of rotatable bonds is 8. The van der Waals surface area contributed by atoms with Gasteiger partial charge < -0.3 is 10.1 Å². The van der Waals surface area contributed by atoms with Crippen molar-refractivity contribution in [3.8, 4) is 5.75 Å². The molecule has 3 aromatic rings. The number of aromatic nitrogens is 2. The summed E-state index contributed by atoms with van der Waals surface area (Å²) in [5.41, 5.74) is 1.47. The highest BCUT2D eigenvalue weighted by molar-refractivity contribution is 7.99. The van der Waals surface area contributed by atoms with E-state index in [2.05, 4.69) is 21.6 Å². The first-order valence-corrected chi connectivity index (χ1v) is 11.4. The van der Waals surface area contributed by atoms with Crippen molar-refractivity contribution in [3.05, 3.63) is 57.7 Å². The Balaban J connectivity index is 1.49. The van der Waals surface area contributed by atoms with E-state index in [1.165, 1.54) is 40.9 Å². The number of benzene rings is 1. The van der Waals surface area contributed by atoms with Crippen molar-refractivity contribution < 1.29 is 18.3 Å². The quantitative estimate of drug-likeness (QED) is 0.303. The molecule has 0 bridgehead atoms. The molecular formula is C21H19F2N3O3S2. The maximum atomic E-state index is 13.1. The maximum Gasteiger partial charge on any atom is 0.387 e. The molecule has 0 saturated heterocycles. The predicted molar refractivity (Wildman–Crippen MR) is 119 cm³/mol. The monoisotopic (exact) mass is 463 g/mol. The van der Waals surface area contributed by atoms with Gasteiger partial charge in [-0.3, -0.25) is 14.2 Å². The zero-order chi connectivity index (χ0) is 22.0. The number of halogens is 2. The van der Waals surface area contributed by atoms with E-state index in [0.717, 1.165) is 24.8 Å². The second-order valence-electron chi connectivity index (χ2n) is 6.88. The molecule has 6 nitrogen and oxygen atoms in total. The number of nitrogens with zero attached hydrogens (tertiary/aromatic N) is 2. The molecule has 162 valence electrons. The van der Waals surface area contributed by atoms with Gasteiger partial charge in [-0.15, -0.1) is 17.9 Å². The smallest absolute Gasteiger partial charge is 0.387 e. The zero-order valence-corrected chi connectivity index (χ0v) is 18.0. The Morgan fingerprint density at radius 1 is 1.35 bits per heavy atom. The van der Waals surface area contributed by atoms with Gasteiger partial charge in [-0.05, 0) is 49.1 Å². The second-order valence-corrected chi connectivity index (χ2v) is 8.90. The Morgan fingerprint density at radius 3 is 2.84 bits per heavy atom. The molecule has 1 aliphatic carbocycles. The van der Waals surface area contributed by atoms with Crippen LogP contribution in [0.5, 0.6) is 5.75 Å². The van der Waals surface area contributed by atoms with Crippen LogP contribution in [0.15, 0.2) is 46.9 Å². The van der Waals surface area contributed by atoms with Crippen molar-refractivity contribution in [2.24, 2.45) is 0 Å². The number of aryl methyl sites for hydroxylation is 2. The van der Waals surface area contributed by atoms with E-state index in [9.17, 15) is 18.4 Å². The van der Waals surface area contributed by atoms with E-state index in [4.69, 9.17) is 0 Å². The van der Waals surface area contributed by atoms with Crippen molar-refractivity contribution >= 4 is 44.9 Å². The number of amides is 1. The summed E-state index contributed by atoms with van der Waals surface area (Å²) in [4.78, 5) is 32.1. The third kappa shape index (κ3) is 4.64. The van der Waals surface area contributed by atoms with Gasteiger partial charge in [-0.25, -0.2) is 4.98 Å². The Kier molecular flexibility index (Phi) is 6.38. The van der Waals surface area contributed by atoms with Crippen LogP contribution >= 0.6 is 23.1 Å². The first-order valence-electron chi connectivity index (χ1n) is 9.59. The maximum absolute atomic E-state index is 13.1. The molecule has 31 heavy (non-hydrogen) atoms. The number of ether oxygens (including phenoxy) is 1. The van der Waals surface area contributed by atoms with Gasteiger partial charge in [0.15, 0.2) is 5.16 Å². The van der Waals surface area contributed by atoms with E-state index in [1.807, 2.05) is 0 Å². The topological polar surface area (TPSA) is 73.2 Å². The molecule has 1 N–H and O–H groups in total. The molecule has 0 unspecified atom stereocenters. The van der Waals surface area contributed by atoms with Gasteiger partial charge in [0.25, 0.3) is 5.56 Å². The number of anilines is 1. The van der Waals surface area contributed by atoms with Gasteiger partial charge in [0.2, 0.25) is 5.91 Å². The number of alkyl halides is 2. The molecule has 2 aromatic heterocycles. The summed E-state index contributed by atoms with van der Waals surface area (Å²) < 4.78 is 30.3. The standard InChI is InChI=1S/C21H19F2N3O3S2/c1-2-10-26-19(28)17-14-4-3-5-15(14)31-18(17)25-21(26)30-11-16(27)24-12-6-8-13(9-7-12)29-20(22)23/h2,6-9,20H,1,3-5,10-11H2,(H,24,27). The fourth-order valence-electron chi connectivity index (χ4n) is 3.51. The molecule has 1 amide bonds. The molecule has 0 fully saturated rings. The third-order valence-corrected chi connectivity index (χ3v) is 6.96. The van der Waals surface area contributed by atoms with Crippen LogP contribution in [0.4, 0.5) is 14.5 Å². The highest BCUT2D eigenvalue weighted by Crippen LogP contribution is 2.35. The van der Waals surface area contributed by atoms with Crippen molar-refractivity contribution in [3.63, 3.8) is 0 Å². The van der Waals surface area contributed by atoms with Gasteiger partial charge in [-0.2, -0.15) is 8.78 Å². The second kappa shape index (κ2) is 9.19. The van der Waals surface area contributed by atoms with Crippen molar-refractivity contribution in [2.75, 3.05) is 11.1 Å². The SMILES string of the molecule is C=CCn1c(SCC(=O)Nc2ccc(OC(F)F)cc2)nc2sc3c(c2c1=O)CCC3. The summed E-state index contributed by atoms with van der Waals surface area (Å²) in [6.07, 6.45) is 4.57. The highest BCUT2D eigenvalue weighted by Gasteiger charge is 2.23. The lowest BCUT2D eigenvalue weighted by atomic mass is 10.2. The molecule has 10 heteroatoms. The highest BCUT2D eigenvalue weighted by atomic mass is 32.2. The molecule has 2 heterocycles. The van der Waals surface area contributed by atoms with Gasteiger partial charge >= 0.3 is 6.61 Å². The predicted octanol–water partition coefficient (Wildman–Crippen LogP) is 4.46. The van der Waals surface area contributed by atoms with Gasteiger partial charge in [0.05, 0.1) is 11.1 Å². The molecule has 0 aliphatic heterocycles. The molecule has 0 radical (unpaired) electrons. The Hall–Kier alpha value is -2.72. The van der Waals surface area contributed by atoms with Crippen LogP contribution in [0, 0.1) is 0 Å². The van der Waals surface area contributed by atoms with E-state index < -0.39 is 6.61 Å². The summed E-state index contributed by atoms with van der Waals surface area (Å²) in [5, 5.41) is 3.85. The van der Waals surface area contributed by atoms with Gasteiger partial charge in [-0.1, -0.05) is 17.8 Å². The fourth-order valence-corrected chi connectivity index (χ4v) is 5.62. The Bertz CT molecular complexity index is 1190. The van der Waals surface area contributed by atoms with Crippen LogP contribution in [0.25, 0.3) is 10.2 Å². The molecular weight excluding hydrogens is 444 g/mol. The number of thiophene rings is 1. The first kappa shape index (κ1) is 21.5. The van der Waals surface area contributed by atoms with Crippen molar-refractivity contribution in [2.45, 2.75) is 37.6 Å². The lowest BCUT2D eigenvalue weighted by molar-refractivity contribution is -0.113. The van der Waals surface area contributed by atoms with E-state index in [0.29, 0.717) is 27.6 Å². The number of carbonyl (C=O) groups is 1. The Morgan fingerprint density at radius 2 is 2.13 bits per heavy atom. The van der Waals surface area contributed by atoms with Gasteiger partial charge in [0.1, 0.15) is 10.6 Å². The van der Waals surface area contributed by atoms with Crippen molar-refractivity contribution in [1.82, 2.24) is 9.55 Å². The number of hydrogen-bond acceptors (Lipinski definition) is 6. The number of nitrogens with one attached hydrogen (secondary N) is 1. The van der Waals surface area contributed by atoms with Crippen LogP contribution in [-0.4, -0.2) is 27.8 Å². The van der Waals surface area contributed by atoms with Crippen LogP contribution in [-0.2, 0) is 24.2 Å². The summed E-state index contributed by atoms with van der Waals surface area (Å²) in [7, 11) is 0. The first-order chi connectivity index (χ1) is 15.0. The summed E-state index contributed by atoms with van der Waals surface area (Å²) >= 11 is 2.72. The van der Waals surface area contributed by atoms with Crippen LogP contribution in [0.1, 0.15) is 16.9 Å². The molecule has 1 aliphatic rings. The third-order valence-electron chi connectivity index (χ3n) is 4.80. The molecule has 1 aromatic carbocycles. The minimum Gasteiger partial charge on any atom is -0.435 e. The normalized spacial score (nSPS) is 12.9. The zero-order valence-electron chi connectivity index (χ0n) is 16.4. The minimum absolute atomic E-state index is 0.0103. The molecule has 0 saturated carbocycles. The number of thioether (sulfide) groups is 1. The molecule has 4 rings (SSSR count). The largest absolute Gasteiger partial charge is 0.435 e. The van der Waals surface area contributed by atoms with Crippen LogP contribution in [0.2, 0.25) is 0 Å². The van der Waals surface area contributed by atoms with Gasteiger partial charge in [0, 0.05) is 17.1 Å². The summed E-state index contributed by atoms with van der Waals surface area (Å²) in [6.45, 7) is 1.13. The summed E-state index contributed by atoms with van der Waals surface area (Å²) in [6, 6.07) is 5.65. The van der Waals surface area contributed by atoms with Crippen LogP contribution < -0.4 is 15.6 Å².